The largest absolute Gasteiger partial charge is 0.396 e. The van der Waals surface area contributed by atoms with E-state index in [0.717, 1.165) is 17.7 Å². The minimum Gasteiger partial charge on any atom is -0.396 e. The maximum Gasteiger partial charge on any atom is 0.287 e. The summed E-state index contributed by atoms with van der Waals surface area (Å²) in [4.78, 5) is 24.9. The SMILES string of the molecule is O=c1c2ncn(CC3(CO)CC3CO)c2nc2[nH]c(-c3ccccc3)cn12. The van der Waals surface area contributed by atoms with Gasteiger partial charge in [0.25, 0.3) is 5.56 Å². The van der Waals surface area contributed by atoms with Gasteiger partial charge in [-0.05, 0) is 17.9 Å². The summed E-state index contributed by atoms with van der Waals surface area (Å²) in [5.74, 6) is 0.514. The Morgan fingerprint density at radius 1 is 1.26 bits per heavy atom. The van der Waals surface area contributed by atoms with Gasteiger partial charge in [0.2, 0.25) is 5.78 Å². The van der Waals surface area contributed by atoms with E-state index in [4.69, 9.17) is 0 Å². The van der Waals surface area contributed by atoms with Crippen LogP contribution in [0.4, 0.5) is 0 Å². The lowest BCUT2D eigenvalue weighted by molar-refractivity contribution is 0.159. The minimum atomic E-state index is -0.361. The highest BCUT2D eigenvalue weighted by Gasteiger charge is 2.53. The molecular weight excluding hydrogens is 346 g/mol. The Kier molecular flexibility index (Phi) is 3.46. The molecule has 0 amide bonds. The molecule has 2 unspecified atom stereocenters. The molecule has 0 bridgehead atoms. The van der Waals surface area contributed by atoms with Crippen LogP contribution in [-0.4, -0.2) is 47.3 Å². The van der Waals surface area contributed by atoms with Crippen molar-refractivity contribution < 1.29 is 10.2 Å². The maximum atomic E-state index is 12.9. The van der Waals surface area contributed by atoms with Crippen LogP contribution in [0.3, 0.4) is 0 Å². The predicted molar refractivity (Wildman–Crippen MR) is 99.3 cm³/mol. The molecule has 0 saturated heterocycles. The number of aliphatic hydroxyl groups is 2. The van der Waals surface area contributed by atoms with Gasteiger partial charge in [-0.1, -0.05) is 30.3 Å². The summed E-state index contributed by atoms with van der Waals surface area (Å²) in [6.45, 7) is 0.504. The van der Waals surface area contributed by atoms with Gasteiger partial charge in [0.05, 0.1) is 18.6 Å². The van der Waals surface area contributed by atoms with E-state index in [1.807, 2.05) is 30.3 Å². The number of rotatable bonds is 5. The minimum absolute atomic E-state index is 0.0141. The lowest BCUT2D eigenvalue weighted by Gasteiger charge is -2.14. The number of aromatic amines is 1. The number of hydrogen-bond acceptors (Lipinski definition) is 5. The van der Waals surface area contributed by atoms with Gasteiger partial charge >= 0.3 is 0 Å². The van der Waals surface area contributed by atoms with E-state index in [2.05, 4.69) is 15.0 Å². The third kappa shape index (κ3) is 2.41. The monoisotopic (exact) mass is 365 g/mol. The molecule has 138 valence electrons. The normalized spacial score (nSPS) is 21.9. The van der Waals surface area contributed by atoms with Crippen LogP contribution in [0.5, 0.6) is 0 Å². The lowest BCUT2D eigenvalue weighted by atomic mass is 10.1. The highest BCUT2D eigenvalue weighted by atomic mass is 16.3. The fourth-order valence-electron chi connectivity index (χ4n) is 3.84. The first-order chi connectivity index (χ1) is 13.1. The fraction of sp³-hybridized carbons (Fsp3) is 0.316. The summed E-state index contributed by atoms with van der Waals surface area (Å²) in [6.07, 6.45) is 4.07. The number of nitrogens with one attached hydrogen (secondary N) is 1. The molecule has 3 N–H and O–H groups in total. The Bertz CT molecular complexity index is 1190. The van der Waals surface area contributed by atoms with Crippen LogP contribution in [0.25, 0.3) is 28.2 Å². The zero-order chi connectivity index (χ0) is 18.6. The summed E-state index contributed by atoms with van der Waals surface area (Å²) in [5.41, 5.74) is 1.94. The number of fused-ring (bicyclic) bond motifs is 2. The van der Waals surface area contributed by atoms with Gasteiger partial charge in [-0.15, -0.1) is 0 Å². The van der Waals surface area contributed by atoms with Gasteiger partial charge < -0.3 is 19.8 Å². The summed E-state index contributed by atoms with van der Waals surface area (Å²) in [7, 11) is 0. The Hall–Kier alpha value is -2.97. The van der Waals surface area contributed by atoms with E-state index in [0.29, 0.717) is 23.5 Å². The Balaban J connectivity index is 1.62. The average molecular weight is 365 g/mol. The second kappa shape index (κ2) is 5.77. The number of nitrogens with zero attached hydrogens (tertiary/aromatic N) is 4. The molecule has 1 aliphatic carbocycles. The molecule has 1 aliphatic rings. The zero-order valence-corrected chi connectivity index (χ0v) is 14.5. The van der Waals surface area contributed by atoms with Crippen molar-refractivity contribution in [2.24, 2.45) is 11.3 Å². The van der Waals surface area contributed by atoms with Crippen molar-refractivity contribution in [3.63, 3.8) is 0 Å². The van der Waals surface area contributed by atoms with Crippen molar-refractivity contribution in [2.75, 3.05) is 13.2 Å². The van der Waals surface area contributed by atoms with E-state index in [-0.39, 0.29) is 30.1 Å². The van der Waals surface area contributed by atoms with Gasteiger partial charge in [-0.25, -0.2) is 9.38 Å². The molecule has 1 fully saturated rings. The highest BCUT2D eigenvalue weighted by Crippen LogP contribution is 2.53. The topological polar surface area (TPSA) is 108 Å². The first-order valence-corrected chi connectivity index (χ1v) is 8.88. The van der Waals surface area contributed by atoms with E-state index < -0.39 is 0 Å². The van der Waals surface area contributed by atoms with Crippen molar-refractivity contribution in [2.45, 2.75) is 13.0 Å². The number of imidazole rings is 2. The number of hydrogen-bond donors (Lipinski definition) is 3. The summed E-state index contributed by atoms with van der Waals surface area (Å²) in [5, 5.41) is 19.1. The molecule has 1 saturated carbocycles. The second-order valence-corrected chi connectivity index (χ2v) is 7.29. The van der Waals surface area contributed by atoms with Crippen molar-refractivity contribution in [1.82, 2.24) is 23.9 Å². The second-order valence-electron chi connectivity index (χ2n) is 7.29. The van der Waals surface area contributed by atoms with Gasteiger partial charge in [0.1, 0.15) is 0 Å². The molecule has 3 heterocycles. The molecule has 1 aromatic carbocycles. The first kappa shape index (κ1) is 16.2. The van der Waals surface area contributed by atoms with Crippen LogP contribution in [-0.2, 0) is 6.54 Å². The van der Waals surface area contributed by atoms with Crippen LogP contribution >= 0.6 is 0 Å². The van der Waals surface area contributed by atoms with Crippen molar-refractivity contribution in [3.05, 3.63) is 53.2 Å². The smallest absolute Gasteiger partial charge is 0.287 e. The molecule has 4 aromatic rings. The third-order valence-corrected chi connectivity index (χ3v) is 5.64. The number of H-pyrrole nitrogens is 1. The van der Waals surface area contributed by atoms with E-state index in [1.165, 1.54) is 4.40 Å². The Morgan fingerprint density at radius 3 is 2.78 bits per heavy atom. The summed E-state index contributed by atoms with van der Waals surface area (Å²) in [6, 6.07) is 9.73. The zero-order valence-electron chi connectivity index (χ0n) is 14.5. The third-order valence-electron chi connectivity index (χ3n) is 5.64. The van der Waals surface area contributed by atoms with E-state index in [9.17, 15) is 15.0 Å². The standard InChI is InChI=1S/C19H19N5O3/c25-8-13-6-19(13,10-26)9-23-11-20-15-16(23)22-18-21-14(7-24(18)17(15)27)12-4-2-1-3-5-12/h1-5,7,11,13,25-26H,6,8-10H2,(H,21,22). The molecular formula is C19H19N5O3. The quantitative estimate of drug-likeness (QED) is 0.489. The van der Waals surface area contributed by atoms with Gasteiger partial charge in [-0.2, -0.15) is 4.98 Å². The molecule has 27 heavy (non-hydrogen) atoms. The number of benzene rings is 1. The lowest BCUT2D eigenvalue weighted by Crippen LogP contribution is -2.20. The maximum absolute atomic E-state index is 12.9. The van der Waals surface area contributed by atoms with Crippen molar-refractivity contribution in [3.8, 4) is 11.3 Å². The summed E-state index contributed by atoms with van der Waals surface area (Å²) >= 11 is 0. The van der Waals surface area contributed by atoms with Crippen LogP contribution in [0.1, 0.15) is 6.42 Å². The molecule has 2 atom stereocenters. The molecule has 8 nitrogen and oxygen atoms in total. The average Bonchev–Trinajstić information content (AvgIpc) is 3.01. The number of aliphatic hydroxyl groups excluding tert-OH is 2. The Labute approximate surface area is 153 Å². The fourth-order valence-corrected chi connectivity index (χ4v) is 3.84. The molecule has 0 spiro atoms. The van der Waals surface area contributed by atoms with Gasteiger partial charge in [-0.3, -0.25) is 4.79 Å². The van der Waals surface area contributed by atoms with Crippen LogP contribution in [0.15, 0.2) is 47.7 Å². The summed E-state index contributed by atoms with van der Waals surface area (Å²) < 4.78 is 3.27. The van der Waals surface area contributed by atoms with Crippen LogP contribution in [0, 0.1) is 11.3 Å². The first-order valence-electron chi connectivity index (χ1n) is 8.88. The van der Waals surface area contributed by atoms with Crippen molar-refractivity contribution >= 4 is 16.9 Å². The molecule has 0 aliphatic heterocycles. The van der Waals surface area contributed by atoms with Crippen LogP contribution < -0.4 is 5.56 Å². The molecule has 3 aromatic heterocycles. The Morgan fingerprint density at radius 2 is 2.07 bits per heavy atom. The number of aromatic nitrogens is 5. The van der Waals surface area contributed by atoms with Gasteiger partial charge in [0, 0.05) is 24.8 Å². The van der Waals surface area contributed by atoms with Gasteiger partial charge in [0.15, 0.2) is 11.2 Å². The predicted octanol–water partition coefficient (Wildman–Crippen LogP) is 1.03. The molecule has 5 rings (SSSR count). The molecule has 0 radical (unpaired) electrons. The van der Waals surface area contributed by atoms with Crippen molar-refractivity contribution in [1.29, 1.82) is 0 Å². The highest BCUT2D eigenvalue weighted by molar-refractivity contribution is 5.73. The molecule has 8 heteroatoms. The van der Waals surface area contributed by atoms with Crippen LogP contribution in [0.2, 0.25) is 0 Å². The van der Waals surface area contributed by atoms with E-state index >= 15 is 0 Å². The van der Waals surface area contributed by atoms with E-state index in [1.54, 1.807) is 17.1 Å².